The monoisotopic (exact) mass is 376 g/mol. The first-order chi connectivity index (χ1) is 13.7. The van der Waals surface area contributed by atoms with Crippen LogP contribution in [0.4, 0.5) is 5.69 Å². The van der Waals surface area contributed by atoms with Crippen molar-refractivity contribution in [3.63, 3.8) is 0 Å². The zero-order valence-corrected chi connectivity index (χ0v) is 15.8. The fourth-order valence-electron chi connectivity index (χ4n) is 4.78. The number of carbonyl (C=O) groups is 2. The fraction of sp³-hybridized carbons (Fsp3) is 0.409. The average molecular weight is 376 g/mol. The van der Waals surface area contributed by atoms with Crippen LogP contribution in [0.25, 0.3) is 0 Å². The maximum Gasteiger partial charge on any atom is 0.276 e. The third-order valence-corrected chi connectivity index (χ3v) is 6.19. The Kier molecular flexibility index (Phi) is 4.26. The lowest BCUT2D eigenvalue weighted by molar-refractivity contribution is -0.137. The van der Waals surface area contributed by atoms with Gasteiger partial charge in [0.25, 0.3) is 5.91 Å². The Hall–Kier alpha value is -2.89. The summed E-state index contributed by atoms with van der Waals surface area (Å²) in [5, 5.41) is 7.37. The molecular weight excluding hydrogens is 352 g/mol. The lowest BCUT2D eigenvalue weighted by atomic mass is 9.92. The van der Waals surface area contributed by atoms with Crippen LogP contribution in [0.15, 0.2) is 48.6 Å². The van der Waals surface area contributed by atoms with E-state index >= 15 is 0 Å². The molecule has 3 atom stereocenters. The predicted octanol–water partition coefficient (Wildman–Crippen LogP) is 3.08. The van der Waals surface area contributed by atoms with Gasteiger partial charge in [-0.2, -0.15) is 5.10 Å². The summed E-state index contributed by atoms with van der Waals surface area (Å²) in [6.07, 6.45) is 7.47. The van der Waals surface area contributed by atoms with Gasteiger partial charge in [0, 0.05) is 24.7 Å². The minimum atomic E-state index is -0.220. The largest absolute Gasteiger partial charge is 0.336 e. The molecule has 2 aromatic rings. The molecule has 2 amide bonds. The standard InChI is InChI=1S/C22H24N4O2/c27-21(23-17-5-2-1-3-6-17)20-13-18-14-25(9-4-10-26(18)24-20)22(28)19-12-15-7-8-16(19)11-15/h1-3,5-8,13,15-16,19H,4,9-12,14H2,(H,23,27)/t15-,16+,19+/m0/s1. The Morgan fingerprint density at radius 3 is 2.68 bits per heavy atom. The molecule has 2 heterocycles. The highest BCUT2D eigenvalue weighted by Crippen LogP contribution is 2.44. The van der Waals surface area contributed by atoms with Gasteiger partial charge >= 0.3 is 0 Å². The second kappa shape index (κ2) is 6.93. The van der Waals surface area contributed by atoms with E-state index in [-0.39, 0.29) is 17.7 Å². The summed E-state index contributed by atoms with van der Waals surface area (Å²) in [5.74, 6) is 1.18. The molecule has 0 radical (unpaired) electrons. The van der Waals surface area contributed by atoms with Crippen molar-refractivity contribution in [1.29, 1.82) is 0 Å². The lowest BCUT2D eigenvalue weighted by Crippen LogP contribution is -2.37. The van der Waals surface area contributed by atoms with E-state index in [1.165, 1.54) is 0 Å². The highest BCUT2D eigenvalue weighted by molar-refractivity contribution is 6.02. The van der Waals surface area contributed by atoms with Crippen molar-refractivity contribution in [2.75, 3.05) is 11.9 Å². The van der Waals surface area contributed by atoms with Crippen LogP contribution in [0, 0.1) is 17.8 Å². The first-order valence-electron chi connectivity index (χ1n) is 10.1. The molecule has 28 heavy (non-hydrogen) atoms. The van der Waals surface area contributed by atoms with Gasteiger partial charge in [0.15, 0.2) is 5.69 Å². The van der Waals surface area contributed by atoms with Gasteiger partial charge in [-0.15, -0.1) is 0 Å². The van der Waals surface area contributed by atoms with E-state index in [0.29, 0.717) is 24.1 Å². The van der Waals surface area contributed by atoms with Gasteiger partial charge in [-0.1, -0.05) is 30.4 Å². The van der Waals surface area contributed by atoms with Crippen molar-refractivity contribution in [3.05, 3.63) is 59.9 Å². The van der Waals surface area contributed by atoms with Gasteiger partial charge in [0.05, 0.1) is 12.2 Å². The summed E-state index contributed by atoms with van der Waals surface area (Å²) in [4.78, 5) is 27.6. The number of anilines is 1. The number of aromatic nitrogens is 2. The van der Waals surface area contributed by atoms with Crippen LogP contribution in [-0.2, 0) is 17.9 Å². The number of hydrogen-bond donors (Lipinski definition) is 1. The van der Waals surface area contributed by atoms with Crippen LogP contribution in [0.1, 0.15) is 35.4 Å². The second-order valence-corrected chi connectivity index (χ2v) is 8.06. The molecule has 3 aliphatic rings. The van der Waals surface area contributed by atoms with Crippen LogP contribution >= 0.6 is 0 Å². The molecule has 0 spiro atoms. The Morgan fingerprint density at radius 1 is 1.07 bits per heavy atom. The molecule has 1 fully saturated rings. The maximum atomic E-state index is 13.1. The molecule has 1 saturated carbocycles. The number of benzene rings is 1. The van der Waals surface area contributed by atoms with E-state index in [1.54, 1.807) is 0 Å². The van der Waals surface area contributed by atoms with Gasteiger partial charge in [-0.25, -0.2) is 0 Å². The number of nitrogens with zero attached hydrogens (tertiary/aromatic N) is 3. The molecule has 6 heteroatoms. The smallest absolute Gasteiger partial charge is 0.276 e. The molecule has 0 saturated heterocycles. The summed E-state index contributed by atoms with van der Waals surface area (Å²) >= 11 is 0. The third-order valence-electron chi connectivity index (χ3n) is 6.19. The van der Waals surface area contributed by atoms with Gasteiger partial charge in [0.1, 0.15) is 0 Å². The molecule has 6 nitrogen and oxygen atoms in total. The van der Waals surface area contributed by atoms with Gasteiger partial charge < -0.3 is 10.2 Å². The summed E-state index contributed by atoms with van der Waals surface area (Å²) in [7, 11) is 0. The van der Waals surface area contributed by atoms with E-state index in [0.717, 1.165) is 43.7 Å². The number of para-hydroxylation sites is 1. The Bertz CT molecular complexity index is 933. The normalized spacial score (nSPS) is 25.4. The quantitative estimate of drug-likeness (QED) is 0.837. The molecular formula is C22H24N4O2. The third kappa shape index (κ3) is 3.13. The first-order valence-corrected chi connectivity index (χ1v) is 10.1. The minimum Gasteiger partial charge on any atom is -0.336 e. The summed E-state index contributed by atoms with van der Waals surface area (Å²) in [5.41, 5.74) is 2.08. The molecule has 5 rings (SSSR count). The summed E-state index contributed by atoms with van der Waals surface area (Å²) < 4.78 is 1.88. The Labute approximate surface area is 164 Å². The number of nitrogens with one attached hydrogen (secondary N) is 1. The van der Waals surface area contributed by atoms with Crippen molar-refractivity contribution in [1.82, 2.24) is 14.7 Å². The Balaban J connectivity index is 1.31. The average Bonchev–Trinajstić information content (AvgIpc) is 3.41. The lowest BCUT2D eigenvalue weighted by Gasteiger charge is -2.26. The SMILES string of the molecule is O=C(Nc1ccccc1)c1cc2n(n1)CCCN(C(=O)[C@@H]1C[C@H]3C=C[C@@H]1C3)C2. The van der Waals surface area contributed by atoms with Gasteiger partial charge in [0.2, 0.25) is 5.91 Å². The van der Waals surface area contributed by atoms with E-state index in [1.807, 2.05) is 46.0 Å². The predicted molar refractivity (Wildman–Crippen MR) is 106 cm³/mol. The molecule has 1 aromatic carbocycles. The maximum absolute atomic E-state index is 13.1. The topological polar surface area (TPSA) is 67.2 Å². The van der Waals surface area contributed by atoms with Crippen LogP contribution in [0.5, 0.6) is 0 Å². The van der Waals surface area contributed by atoms with Crippen molar-refractivity contribution < 1.29 is 9.59 Å². The number of allylic oxidation sites excluding steroid dienone is 2. The fourth-order valence-corrected chi connectivity index (χ4v) is 4.78. The van der Waals surface area contributed by atoms with Crippen LogP contribution in [0.2, 0.25) is 0 Å². The van der Waals surface area contributed by atoms with Crippen LogP contribution in [0.3, 0.4) is 0 Å². The molecule has 1 N–H and O–H groups in total. The van der Waals surface area contributed by atoms with Crippen molar-refractivity contribution in [2.45, 2.75) is 32.4 Å². The van der Waals surface area contributed by atoms with Crippen molar-refractivity contribution >= 4 is 17.5 Å². The van der Waals surface area contributed by atoms with Crippen molar-refractivity contribution in [3.8, 4) is 0 Å². The molecule has 1 aliphatic heterocycles. The number of amides is 2. The molecule has 2 bridgehead atoms. The second-order valence-electron chi connectivity index (χ2n) is 8.06. The molecule has 144 valence electrons. The zero-order valence-electron chi connectivity index (χ0n) is 15.8. The number of carbonyl (C=O) groups excluding carboxylic acids is 2. The number of rotatable bonds is 3. The minimum absolute atomic E-state index is 0.130. The highest BCUT2D eigenvalue weighted by Gasteiger charge is 2.41. The van der Waals surface area contributed by atoms with E-state index < -0.39 is 0 Å². The zero-order chi connectivity index (χ0) is 19.1. The Morgan fingerprint density at radius 2 is 1.93 bits per heavy atom. The van der Waals surface area contributed by atoms with E-state index in [2.05, 4.69) is 22.6 Å². The van der Waals surface area contributed by atoms with Crippen LogP contribution in [-0.4, -0.2) is 33.0 Å². The van der Waals surface area contributed by atoms with E-state index in [9.17, 15) is 9.59 Å². The molecule has 2 aliphatic carbocycles. The van der Waals surface area contributed by atoms with Gasteiger partial charge in [-0.05, 0) is 49.3 Å². The van der Waals surface area contributed by atoms with E-state index in [4.69, 9.17) is 0 Å². The number of aryl methyl sites for hydroxylation is 1. The molecule has 1 aromatic heterocycles. The highest BCUT2D eigenvalue weighted by atomic mass is 16.2. The summed E-state index contributed by atoms with van der Waals surface area (Å²) in [6, 6.07) is 11.2. The first kappa shape index (κ1) is 17.2. The van der Waals surface area contributed by atoms with Gasteiger partial charge in [-0.3, -0.25) is 14.3 Å². The molecule has 0 unspecified atom stereocenters. The number of fused-ring (bicyclic) bond motifs is 3. The van der Waals surface area contributed by atoms with Crippen LogP contribution < -0.4 is 5.32 Å². The summed E-state index contributed by atoms with van der Waals surface area (Å²) in [6.45, 7) is 2.02. The van der Waals surface area contributed by atoms with Crippen molar-refractivity contribution in [2.24, 2.45) is 17.8 Å². The number of hydrogen-bond acceptors (Lipinski definition) is 3.